The maximum atomic E-state index is 8.91. The molecule has 0 aliphatic rings. The molecular weight excluding hydrogens is 288 g/mol. The van der Waals surface area contributed by atoms with Gasteiger partial charge in [0.1, 0.15) is 11.5 Å². The summed E-state index contributed by atoms with van der Waals surface area (Å²) in [5.41, 5.74) is 9.10. The average molecular weight is 305 g/mol. The molecule has 3 N–H and O–H groups in total. The molecule has 0 spiro atoms. The van der Waals surface area contributed by atoms with Gasteiger partial charge in [-0.25, -0.2) is 0 Å². The van der Waals surface area contributed by atoms with E-state index in [4.69, 9.17) is 27.3 Å². The van der Waals surface area contributed by atoms with Gasteiger partial charge in [-0.1, -0.05) is 28.4 Å². The number of amidine groups is 1. The van der Waals surface area contributed by atoms with Crippen LogP contribution >= 0.6 is 11.6 Å². The summed E-state index contributed by atoms with van der Waals surface area (Å²) < 4.78 is 5.97. The van der Waals surface area contributed by atoms with Gasteiger partial charge < -0.3 is 15.7 Å². The lowest BCUT2D eigenvalue weighted by molar-refractivity contribution is 0.318. The van der Waals surface area contributed by atoms with E-state index < -0.39 is 0 Å². The Hall–Kier alpha value is -2.20. The lowest BCUT2D eigenvalue weighted by Crippen LogP contribution is -2.14. The van der Waals surface area contributed by atoms with Crippen LogP contribution in [0.5, 0.6) is 11.5 Å². The van der Waals surface area contributed by atoms with Gasteiger partial charge in [0, 0.05) is 5.02 Å². The van der Waals surface area contributed by atoms with Crippen LogP contribution in [0.4, 0.5) is 0 Å². The number of nitrogens with two attached hydrogens (primary N) is 1. The summed E-state index contributed by atoms with van der Waals surface area (Å²) in [5.74, 6) is 1.26. The van der Waals surface area contributed by atoms with Gasteiger partial charge in [-0.2, -0.15) is 0 Å². The van der Waals surface area contributed by atoms with E-state index in [1.807, 2.05) is 45.0 Å². The molecular formula is C16H17ClN2O2. The molecule has 0 aliphatic carbocycles. The van der Waals surface area contributed by atoms with E-state index in [0.29, 0.717) is 16.3 Å². The molecule has 0 aromatic heterocycles. The fraction of sp³-hybridized carbons (Fsp3) is 0.188. The molecule has 2 rings (SSSR count). The van der Waals surface area contributed by atoms with Crippen LogP contribution in [0.15, 0.2) is 35.5 Å². The quantitative estimate of drug-likeness (QED) is 0.387. The standard InChI is InChI=1S/C16H17ClN2O2/c1-9-4-5-14(13(6-9)16(18)19-20)21-15-10(2)7-12(17)8-11(15)3/h4-8,20H,1-3H3,(H2,18,19). The zero-order chi connectivity index (χ0) is 15.6. The summed E-state index contributed by atoms with van der Waals surface area (Å²) in [6, 6.07) is 9.19. The first-order valence-corrected chi connectivity index (χ1v) is 6.83. The Bertz CT molecular complexity index is 688. The SMILES string of the molecule is Cc1ccc(Oc2c(C)cc(Cl)cc2C)c(/C(N)=N/O)c1. The van der Waals surface area contributed by atoms with Crippen LogP contribution < -0.4 is 10.5 Å². The van der Waals surface area contributed by atoms with Crippen LogP contribution in [0, 0.1) is 20.8 Å². The molecule has 0 amide bonds. The Morgan fingerprint density at radius 1 is 1.14 bits per heavy atom. The number of halogens is 1. The Kier molecular flexibility index (Phi) is 4.38. The Morgan fingerprint density at radius 3 is 2.33 bits per heavy atom. The number of aryl methyl sites for hydroxylation is 3. The monoisotopic (exact) mass is 304 g/mol. The molecule has 2 aromatic carbocycles. The van der Waals surface area contributed by atoms with E-state index in [0.717, 1.165) is 22.4 Å². The molecule has 5 heteroatoms. The lowest BCUT2D eigenvalue weighted by atomic mass is 10.1. The molecule has 0 bridgehead atoms. The van der Waals surface area contributed by atoms with Gasteiger partial charge in [0.2, 0.25) is 0 Å². The van der Waals surface area contributed by atoms with E-state index in [1.54, 1.807) is 6.07 Å². The Morgan fingerprint density at radius 2 is 1.76 bits per heavy atom. The van der Waals surface area contributed by atoms with Crippen molar-refractivity contribution in [3.05, 3.63) is 57.6 Å². The summed E-state index contributed by atoms with van der Waals surface area (Å²) in [4.78, 5) is 0. The van der Waals surface area contributed by atoms with Crippen molar-refractivity contribution in [3.63, 3.8) is 0 Å². The molecule has 21 heavy (non-hydrogen) atoms. The number of rotatable bonds is 3. The van der Waals surface area contributed by atoms with Crippen molar-refractivity contribution in [1.29, 1.82) is 0 Å². The summed E-state index contributed by atoms with van der Waals surface area (Å²) >= 11 is 6.02. The third-order valence-electron chi connectivity index (χ3n) is 3.16. The van der Waals surface area contributed by atoms with E-state index in [-0.39, 0.29) is 5.84 Å². The number of nitrogens with zero attached hydrogens (tertiary/aromatic N) is 1. The molecule has 0 aliphatic heterocycles. The first-order chi connectivity index (χ1) is 9.92. The minimum atomic E-state index is 0.0120. The summed E-state index contributed by atoms with van der Waals surface area (Å²) in [7, 11) is 0. The predicted molar refractivity (Wildman–Crippen MR) is 84.7 cm³/mol. The number of benzene rings is 2. The second kappa shape index (κ2) is 6.06. The summed E-state index contributed by atoms with van der Waals surface area (Å²) in [6.07, 6.45) is 0. The van der Waals surface area contributed by atoms with Crippen LogP contribution in [-0.2, 0) is 0 Å². The fourth-order valence-corrected chi connectivity index (χ4v) is 2.48. The van der Waals surface area contributed by atoms with Crippen molar-refractivity contribution in [3.8, 4) is 11.5 Å². The molecule has 0 unspecified atom stereocenters. The van der Waals surface area contributed by atoms with Gasteiger partial charge >= 0.3 is 0 Å². The predicted octanol–water partition coefficient (Wildman–Crippen LogP) is 4.15. The Labute approximate surface area is 128 Å². The molecule has 0 saturated heterocycles. The average Bonchev–Trinajstić information content (AvgIpc) is 2.43. The minimum Gasteiger partial charge on any atom is -0.456 e. The maximum Gasteiger partial charge on any atom is 0.173 e. The Balaban J connectivity index is 2.50. The highest BCUT2D eigenvalue weighted by Gasteiger charge is 2.13. The van der Waals surface area contributed by atoms with Crippen molar-refractivity contribution in [2.75, 3.05) is 0 Å². The first kappa shape index (κ1) is 15.2. The van der Waals surface area contributed by atoms with Gasteiger partial charge in [-0.15, -0.1) is 0 Å². The molecule has 0 atom stereocenters. The summed E-state index contributed by atoms with van der Waals surface area (Å²) in [6.45, 7) is 5.77. The van der Waals surface area contributed by atoms with Gasteiger partial charge in [0.05, 0.1) is 5.56 Å². The highest BCUT2D eigenvalue weighted by atomic mass is 35.5. The minimum absolute atomic E-state index is 0.0120. The maximum absolute atomic E-state index is 8.91. The second-order valence-electron chi connectivity index (χ2n) is 4.96. The van der Waals surface area contributed by atoms with Crippen molar-refractivity contribution in [2.45, 2.75) is 20.8 Å². The first-order valence-electron chi connectivity index (χ1n) is 6.45. The van der Waals surface area contributed by atoms with Crippen LogP contribution in [0.3, 0.4) is 0 Å². The molecule has 0 fully saturated rings. The zero-order valence-corrected chi connectivity index (χ0v) is 12.9. The third-order valence-corrected chi connectivity index (χ3v) is 3.37. The van der Waals surface area contributed by atoms with Gasteiger partial charge in [0.15, 0.2) is 5.84 Å². The third kappa shape index (κ3) is 3.28. The van der Waals surface area contributed by atoms with Gasteiger partial charge in [0.25, 0.3) is 0 Å². The molecule has 2 aromatic rings. The molecule has 0 heterocycles. The van der Waals surface area contributed by atoms with Crippen LogP contribution in [0.25, 0.3) is 0 Å². The molecule has 0 saturated carbocycles. The highest BCUT2D eigenvalue weighted by molar-refractivity contribution is 6.30. The number of oxime groups is 1. The lowest BCUT2D eigenvalue weighted by Gasteiger charge is -2.15. The smallest absolute Gasteiger partial charge is 0.173 e. The molecule has 4 nitrogen and oxygen atoms in total. The zero-order valence-electron chi connectivity index (χ0n) is 12.1. The van der Waals surface area contributed by atoms with E-state index in [2.05, 4.69) is 5.16 Å². The fourth-order valence-electron chi connectivity index (χ4n) is 2.16. The van der Waals surface area contributed by atoms with Crippen LogP contribution in [0.2, 0.25) is 5.02 Å². The highest BCUT2D eigenvalue weighted by Crippen LogP contribution is 2.33. The van der Waals surface area contributed by atoms with E-state index in [1.165, 1.54) is 0 Å². The normalized spacial score (nSPS) is 11.5. The number of ether oxygens (including phenoxy) is 1. The number of hydrogen-bond donors (Lipinski definition) is 2. The van der Waals surface area contributed by atoms with Gasteiger partial charge in [-0.05, 0) is 56.2 Å². The largest absolute Gasteiger partial charge is 0.456 e. The van der Waals surface area contributed by atoms with Crippen molar-refractivity contribution in [1.82, 2.24) is 0 Å². The van der Waals surface area contributed by atoms with E-state index in [9.17, 15) is 0 Å². The van der Waals surface area contributed by atoms with Crippen molar-refractivity contribution >= 4 is 17.4 Å². The second-order valence-corrected chi connectivity index (χ2v) is 5.39. The topological polar surface area (TPSA) is 67.8 Å². The van der Waals surface area contributed by atoms with Gasteiger partial charge in [-0.3, -0.25) is 0 Å². The molecule has 0 radical (unpaired) electrons. The van der Waals surface area contributed by atoms with Crippen LogP contribution in [0.1, 0.15) is 22.3 Å². The summed E-state index contributed by atoms with van der Waals surface area (Å²) in [5, 5.41) is 12.6. The van der Waals surface area contributed by atoms with Crippen molar-refractivity contribution < 1.29 is 9.94 Å². The number of hydrogen-bond acceptors (Lipinski definition) is 3. The molecule has 110 valence electrons. The van der Waals surface area contributed by atoms with Crippen molar-refractivity contribution in [2.24, 2.45) is 10.9 Å². The van der Waals surface area contributed by atoms with Crippen LogP contribution in [-0.4, -0.2) is 11.0 Å². The van der Waals surface area contributed by atoms with E-state index >= 15 is 0 Å².